The zero-order chi connectivity index (χ0) is 10.7. The van der Waals surface area contributed by atoms with Crippen molar-refractivity contribution in [1.82, 2.24) is 0 Å². The summed E-state index contributed by atoms with van der Waals surface area (Å²) in [6.07, 6.45) is -0.317. The van der Waals surface area contributed by atoms with Gasteiger partial charge in [-0.3, -0.25) is 0 Å². The van der Waals surface area contributed by atoms with Crippen LogP contribution in [0.5, 0.6) is 0 Å². The smallest absolute Gasteiger partial charge is 0.186 e. The van der Waals surface area contributed by atoms with Gasteiger partial charge in [0, 0.05) is 11.3 Å². The lowest BCUT2D eigenvalue weighted by atomic mass is 10.1. The molecule has 1 aromatic carbocycles. The van der Waals surface area contributed by atoms with Gasteiger partial charge in [0.2, 0.25) is 0 Å². The zero-order valence-electron chi connectivity index (χ0n) is 8.10. The lowest BCUT2D eigenvalue weighted by Gasteiger charge is -2.14. The highest BCUT2D eigenvalue weighted by Crippen LogP contribution is 2.29. The molecule has 1 aliphatic heterocycles. The van der Waals surface area contributed by atoms with E-state index in [1.807, 2.05) is 24.3 Å². The number of hydrogen-bond donors (Lipinski definition) is 2. The monoisotopic (exact) mass is 224 g/mol. The molecule has 1 heterocycles. The van der Waals surface area contributed by atoms with Gasteiger partial charge in [0.1, 0.15) is 0 Å². The van der Waals surface area contributed by atoms with Crippen molar-refractivity contribution < 1.29 is 9.47 Å². The van der Waals surface area contributed by atoms with E-state index in [9.17, 15) is 0 Å². The first kappa shape index (κ1) is 10.4. The van der Waals surface area contributed by atoms with E-state index in [4.69, 9.17) is 27.4 Å². The highest BCUT2D eigenvalue weighted by molar-refractivity contribution is 7.80. The predicted octanol–water partition coefficient (Wildman–Crippen LogP) is 1.39. The molecule has 0 radical (unpaired) electrons. The van der Waals surface area contributed by atoms with E-state index in [0.717, 1.165) is 11.3 Å². The van der Waals surface area contributed by atoms with E-state index < -0.39 is 0 Å². The van der Waals surface area contributed by atoms with Crippen molar-refractivity contribution in [2.45, 2.75) is 6.29 Å². The largest absolute Gasteiger partial charge is 0.376 e. The maximum atomic E-state index is 5.43. The number of nitrogens with two attached hydrogens (primary N) is 1. The molecule has 0 unspecified atom stereocenters. The van der Waals surface area contributed by atoms with Gasteiger partial charge in [0.05, 0.1) is 13.2 Å². The van der Waals surface area contributed by atoms with E-state index in [1.54, 1.807) is 0 Å². The van der Waals surface area contributed by atoms with Gasteiger partial charge < -0.3 is 20.5 Å². The van der Waals surface area contributed by atoms with Crippen LogP contribution in [0.3, 0.4) is 0 Å². The minimum Gasteiger partial charge on any atom is -0.376 e. The summed E-state index contributed by atoms with van der Waals surface area (Å²) in [5, 5.41) is 3.14. The van der Waals surface area contributed by atoms with Gasteiger partial charge in [0.15, 0.2) is 11.4 Å². The summed E-state index contributed by atoms with van der Waals surface area (Å²) in [6.45, 7) is 1.23. The molecule has 0 atom stereocenters. The van der Waals surface area contributed by atoms with E-state index in [0.29, 0.717) is 13.2 Å². The number of anilines is 1. The second-order valence-electron chi connectivity index (χ2n) is 3.15. The zero-order valence-corrected chi connectivity index (χ0v) is 8.92. The molecule has 2 rings (SSSR count). The number of hydrogen-bond acceptors (Lipinski definition) is 3. The topological polar surface area (TPSA) is 56.5 Å². The van der Waals surface area contributed by atoms with E-state index in [1.165, 1.54) is 0 Å². The fourth-order valence-electron chi connectivity index (χ4n) is 1.49. The molecule has 0 aliphatic carbocycles. The Morgan fingerprint density at radius 1 is 1.33 bits per heavy atom. The molecule has 15 heavy (non-hydrogen) atoms. The van der Waals surface area contributed by atoms with E-state index in [2.05, 4.69) is 5.32 Å². The molecule has 1 fully saturated rings. The van der Waals surface area contributed by atoms with Crippen LogP contribution >= 0.6 is 12.2 Å². The Labute approximate surface area is 93.4 Å². The number of rotatable bonds is 2. The molecule has 1 aliphatic rings. The number of ether oxygens (including phenoxy) is 2. The van der Waals surface area contributed by atoms with Gasteiger partial charge in [-0.15, -0.1) is 0 Å². The minimum atomic E-state index is -0.317. The fourth-order valence-corrected chi connectivity index (χ4v) is 1.60. The summed E-state index contributed by atoms with van der Waals surface area (Å²) < 4.78 is 10.8. The Kier molecular flexibility index (Phi) is 3.15. The molecule has 0 saturated carbocycles. The van der Waals surface area contributed by atoms with Crippen molar-refractivity contribution in [2.24, 2.45) is 5.73 Å². The molecular formula is C10H12N2O2S. The highest BCUT2D eigenvalue weighted by atomic mass is 32.1. The third-order valence-electron chi connectivity index (χ3n) is 2.09. The third kappa shape index (κ3) is 2.44. The Balaban J connectivity index is 2.24. The maximum Gasteiger partial charge on any atom is 0.186 e. The molecule has 1 saturated heterocycles. The lowest BCUT2D eigenvalue weighted by Crippen LogP contribution is -2.20. The van der Waals surface area contributed by atoms with Crippen LogP contribution in [0.15, 0.2) is 24.3 Å². The Bertz CT molecular complexity index is 364. The van der Waals surface area contributed by atoms with Gasteiger partial charge in [-0.25, -0.2) is 0 Å². The molecule has 1 aromatic rings. The van der Waals surface area contributed by atoms with Crippen LogP contribution in [0, 0.1) is 0 Å². The normalized spacial score (nSPS) is 16.5. The molecule has 0 aromatic heterocycles. The van der Waals surface area contributed by atoms with Crippen molar-refractivity contribution in [3.63, 3.8) is 0 Å². The average molecular weight is 224 g/mol. The van der Waals surface area contributed by atoms with Crippen LogP contribution in [0.25, 0.3) is 0 Å². The summed E-state index contributed by atoms with van der Waals surface area (Å²) >= 11 is 4.80. The summed E-state index contributed by atoms with van der Waals surface area (Å²) in [5.41, 5.74) is 7.18. The quantitative estimate of drug-likeness (QED) is 0.743. The SMILES string of the molecule is NC(=S)Nc1ccccc1C1OCCO1. The Morgan fingerprint density at radius 3 is 2.67 bits per heavy atom. The summed E-state index contributed by atoms with van der Waals surface area (Å²) in [4.78, 5) is 0. The molecule has 5 heteroatoms. The average Bonchev–Trinajstić information content (AvgIpc) is 2.70. The predicted molar refractivity (Wildman–Crippen MR) is 61.5 cm³/mol. The lowest BCUT2D eigenvalue weighted by molar-refractivity contribution is -0.0435. The number of para-hydroxylation sites is 1. The second-order valence-corrected chi connectivity index (χ2v) is 3.59. The first-order valence-electron chi connectivity index (χ1n) is 4.66. The third-order valence-corrected chi connectivity index (χ3v) is 2.20. The minimum absolute atomic E-state index is 0.237. The number of nitrogens with one attached hydrogen (secondary N) is 1. The molecule has 0 bridgehead atoms. The maximum absolute atomic E-state index is 5.43. The van der Waals surface area contributed by atoms with Gasteiger partial charge in [0.25, 0.3) is 0 Å². The van der Waals surface area contributed by atoms with Crippen molar-refractivity contribution in [3.8, 4) is 0 Å². The molecular weight excluding hydrogens is 212 g/mol. The summed E-state index contributed by atoms with van der Waals surface area (Å²) in [7, 11) is 0. The fraction of sp³-hybridized carbons (Fsp3) is 0.300. The standard InChI is InChI=1S/C10H12N2O2S/c11-10(15)12-8-4-2-1-3-7(8)9-13-5-6-14-9/h1-4,9H,5-6H2,(H3,11,12,15). The van der Waals surface area contributed by atoms with Crippen LogP contribution in [0.4, 0.5) is 5.69 Å². The molecule has 3 N–H and O–H groups in total. The molecule has 4 nitrogen and oxygen atoms in total. The summed E-state index contributed by atoms with van der Waals surface area (Å²) in [6, 6.07) is 7.64. The van der Waals surface area contributed by atoms with Crippen LogP contribution in [-0.4, -0.2) is 18.3 Å². The van der Waals surface area contributed by atoms with Crippen LogP contribution in [0.1, 0.15) is 11.9 Å². The Morgan fingerprint density at radius 2 is 2.00 bits per heavy atom. The van der Waals surface area contributed by atoms with Crippen LogP contribution in [-0.2, 0) is 9.47 Å². The van der Waals surface area contributed by atoms with Crippen LogP contribution < -0.4 is 11.1 Å². The van der Waals surface area contributed by atoms with Crippen molar-refractivity contribution >= 4 is 23.0 Å². The van der Waals surface area contributed by atoms with E-state index in [-0.39, 0.29) is 11.4 Å². The number of benzene rings is 1. The molecule has 80 valence electrons. The first-order valence-corrected chi connectivity index (χ1v) is 5.07. The Hall–Kier alpha value is -1.17. The van der Waals surface area contributed by atoms with Gasteiger partial charge >= 0.3 is 0 Å². The van der Waals surface area contributed by atoms with Crippen molar-refractivity contribution in [1.29, 1.82) is 0 Å². The second kappa shape index (κ2) is 4.57. The van der Waals surface area contributed by atoms with Gasteiger partial charge in [-0.05, 0) is 18.3 Å². The molecule has 0 spiro atoms. The van der Waals surface area contributed by atoms with E-state index >= 15 is 0 Å². The van der Waals surface area contributed by atoms with Gasteiger partial charge in [-0.2, -0.15) is 0 Å². The number of thiocarbonyl (C=S) groups is 1. The summed E-state index contributed by atoms with van der Waals surface area (Å²) in [5.74, 6) is 0. The molecule has 0 amide bonds. The van der Waals surface area contributed by atoms with Crippen LogP contribution in [0.2, 0.25) is 0 Å². The van der Waals surface area contributed by atoms with Crippen molar-refractivity contribution in [2.75, 3.05) is 18.5 Å². The van der Waals surface area contributed by atoms with Gasteiger partial charge in [-0.1, -0.05) is 18.2 Å². The highest BCUT2D eigenvalue weighted by Gasteiger charge is 2.20. The van der Waals surface area contributed by atoms with Crippen molar-refractivity contribution in [3.05, 3.63) is 29.8 Å². The first-order chi connectivity index (χ1) is 7.27.